The van der Waals surface area contributed by atoms with Crippen molar-refractivity contribution in [3.8, 4) is 0 Å². The van der Waals surface area contributed by atoms with Gasteiger partial charge in [0, 0.05) is 41.7 Å². The van der Waals surface area contributed by atoms with Gasteiger partial charge in [0.05, 0.1) is 5.52 Å². The fraction of sp³-hybridized carbons (Fsp3) is 0.304. The first-order valence-corrected chi connectivity index (χ1v) is 10.4. The van der Waals surface area contributed by atoms with Crippen LogP contribution >= 0.6 is 11.8 Å². The molecule has 0 saturated carbocycles. The summed E-state index contributed by atoms with van der Waals surface area (Å²) in [5.74, 6) is 0. The zero-order chi connectivity index (χ0) is 18.3. The number of aromatic nitrogens is 1. The van der Waals surface area contributed by atoms with E-state index in [1.54, 1.807) is 11.8 Å². The Bertz CT molecular complexity index is 997. The highest BCUT2D eigenvalue weighted by Gasteiger charge is 2.21. The van der Waals surface area contributed by atoms with Gasteiger partial charge in [0.1, 0.15) is 0 Å². The maximum atomic E-state index is 2.44. The molecule has 3 heteroatoms. The van der Waals surface area contributed by atoms with Crippen molar-refractivity contribution in [1.82, 2.24) is 9.47 Å². The summed E-state index contributed by atoms with van der Waals surface area (Å²) in [5.41, 5.74) is 8.24. The number of benzene rings is 2. The van der Waals surface area contributed by atoms with Crippen molar-refractivity contribution < 1.29 is 0 Å². The smallest absolute Gasteiger partial charge is 0.0529 e. The van der Waals surface area contributed by atoms with Gasteiger partial charge in [-0.25, -0.2) is 0 Å². The number of aryl methyl sites for hydroxylation is 1. The molecule has 3 aromatic rings. The predicted molar refractivity (Wildman–Crippen MR) is 115 cm³/mol. The zero-order valence-corrected chi connectivity index (χ0v) is 16.9. The Balaban J connectivity index is 1.88. The van der Waals surface area contributed by atoms with E-state index in [9.17, 15) is 0 Å². The quantitative estimate of drug-likeness (QED) is 0.554. The standard InChI is InChI=1S/C23H26N2S/c1-16-8-9-22-20(12-16)21-15-24(3)11-10-23(21)25(22)14-17(2)18-6-5-7-19(13-18)26-4/h5-9,12-14H,10-11,15H2,1-4H3/b17-14+. The van der Waals surface area contributed by atoms with E-state index in [1.807, 2.05) is 0 Å². The number of fused-ring (bicyclic) bond motifs is 3. The third-order valence-electron chi connectivity index (χ3n) is 5.38. The number of hydrogen-bond acceptors (Lipinski definition) is 2. The van der Waals surface area contributed by atoms with Gasteiger partial charge in [-0.2, -0.15) is 0 Å². The normalized spacial score (nSPS) is 15.5. The fourth-order valence-electron chi connectivity index (χ4n) is 3.93. The van der Waals surface area contributed by atoms with E-state index in [4.69, 9.17) is 0 Å². The van der Waals surface area contributed by atoms with Crippen LogP contribution in [0.1, 0.15) is 29.3 Å². The Kier molecular flexibility index (Phi) is 4.68. The van der Waals surface area contributed by atoms with Gasteiger partial charge in [-0.3, -0.25) is 0 Å². The molecule has 26 heavy (non-hydrogen) atoms. The predicted octanol–water partition coefficient (Wildman–Crippen LogP) is 5.68. The molecule has 134 valence electrons. The lowest BCUT2D eigenvalue weighted by atomic mass is 10.0. The molecule has 0 saturated heterocycles. The number of hydrogen-bond donors (Lipinski definition) is 0. The van der Waals surface area contributed by atoms with Crippen LogP contribution < -0.4 is 0 Å². The summed E-state index contributed by atoms with van der Waals surface area (Å²) in [6.45, 7) is 6.57. The molecule has 2 heterocycles. The molecular formula is C23H26N2S. The largest absolute Gasteiger partial charge is 0.320 e. The number of nitrogens with zero attached hydrogens (tertiary/aromatic N) is 2. The second kappa shape index (κ2) is 6.98. The molecule has 2 nitrogen and oxygen atoms in total. The lowest BCUT2D eigenvalue weighted by Gasteiger charge is -2.23. The first-order chi connectivity index (χ1) is 12.6. The average molecular weight is 363 g/mol. The molecule has 0 radical (unpaired) electrons. The molecule has 1 aromatic heterocycles. The van der Waals surface area contributed by atoms with Crippen LogP contribution in [-0.4, -0.2) is 29.3 Å². The van der Waals surface area contributed by atoms with E-state index >= 15 is 0 Å². The third-order valence-corrected chi connectivity index (χ3v) is 6.11. The summed E-state index contributed by atoms with van der Waals surface area (Å²) in [7, 11) is 2.22. The first kappa shape index (κ1) is 17.4. The monoisotopic (exact) mass is 362 g/mol. The second-order valence-corrected chi connectivity index (χ2v) is 8.23. The molecular weight excluding hydrogens is 336 g/mol. The molecule has 2 aromatic carbocycles. The fourth-order valence-corrected chi connectivity index (χ4v) is 4.38. The number of likely N-dealkylation sites (N-methyl/N-ethyl adjacent to an activating group) is 1. The summed E-state index contributed by atoms with van der Waals surface area (Å²) >= 11 is 1.80. The number of allylic oxidation sites excluding steroid dienone is 1. The van der Waals surface area contributed by atoms with Gasteiger partial charge in [-0.1, -0.05) is 23.8 Å². The molecule has 0 atom stereocenters. The van der Waals surface area contributed by atoms with Crippen LogP contribution in [-0.2, 0) is 13.0 Å². The average Bonchev–Trinajstić information content (AvgIpc) is 2.94. The molecule has 0 bridgehead atoms. The lowest BCUT2D eigenvalue weighted by molar-refractivity contribution is 0.312. The summed E-state index contributed by atoms with van der Waals surface area (Å²) in [6, 6.07) is 15.7. The van der Waals surface area contributed by atoms with E-state index in [-0.39, 0.29) is 0 Å². The minimum atomic E-state index is 1.04. The number of thioether (sulfide) groups is 1. The van der Waals surface area contributed by atoms with Gasteiger partial charge in [0.25, 0.3) is 0 Å². The van der Waals surface area contributed by atoms with Gasteiger partial charge in [-0.05, 0) is 68.1 Å². The molecule has 4 rings (SSSR count). The van der Waals surface area contributed by atoms with E-state index in [2.05, 4.69) is 85.3 Å². The maximum Gasteiger partial charge on any atom is 0.0529 e. The molecule has 0 fully saturated rings. The highest BCUT2D eigenvalue weighted by molar-refractivity contribution is 7.98. The Morgan fingerprint density at radius 1 is 1.15 bits per heavy atom. The van der Waals surface area contributed by atoms with Crippen molar-refractivity contribution in [2.45, 2.75) is 31.7 Å². The van der Waals surface area contributed by atoms with Crippen LogP contribution in [0.5, 0.6) is 0 Å². The third kappa shape index (κ3) is 3.10. The van der Waals surface area contributed by atoms with Gasteiger partial charge in [-0.15, -0.1) is 11.8 Å². The van der Waals surface area contributed by atoms with Gasteiger partial charge < -0.3 is 9.47 Å². The molecule has 0 spiro atoms. The van der Waals surface area contributed by atoms with E-state index in [0.717, 1.165) is 19.5 Å². The summed E-state index contributed by atoms with van der Waals surface area (Å²) in [5, 5.41) is 1.41. The van der Waals surface area contributed by atoms with Crippen LogP contribution in [0.25, 0.3) is 22.7 Å². The minimum absolute atomic E-state index is 1.04. The summed E-state index contributed by atoms with van der Waals surface area (Å²) in [6.07, 6.45) is 5.57. The minimum Gasteiger partial charge on any atom is -0.320 e. The van der Waals surface area contributed by atoms with E-state index in [0.29, 0.717) is 0 Å². The van der Waals surface area contributed by atoms with Crippen molar-refractivity contribution in [3.63, 3.8) is 0 Å². The van der Waals surface area contributed by atoms with Gasteiger partial charge >= 0.3 is 0 Å². The van der Waals surface area contributed by atoms with Crippen LogP contribution in [0, 0.1) is 6.92 Å². The topological polar surface area (TPSA) is 8.17 Å². The van der Waals surface area contributed by atoms with Crippen molar-refractivity contribution in [2.75, 3.05) is 19.8 Å². The molecule has 0 aliphatic carbocycles. The molecule has 0 N–H and O–H groups in total. The highest BCUT2D eigenvalue weighted by Crippen LogP contribution is 2.33. The molecule has 1 aliphatic rings. The number of rotatable bonds is 3. The van der Waals surface area contributed by atoms with Crippen molar-refractivity contribution in [1.29, 1.82) is 0 Å². The van der Waals surface area contributed by atoms with Crippen LogP contribution in [0.2, 0.25) is 0 Å². The molecule has 0 unspecified atom stereocenters. The maximum absolute atomic E-state index is 2.44. The highest BCUT2D eigenvalue weighted by atomic mass is 32.2. The van der Waals surface area contributed by atoms with Crippen molar-refractivity contribution in [3.05, 3.63) is 64.8 Å². The Labute approximate surface area is 160 Å². The van der Waals surface area contributed by atoms with Crippen molar-refractivity contribution >= 4 is 34.4 Å². The Hall–Kier alpha value is -1.97. The Morgan fingerprint density at radius 3 is 2.81 bits per heavy atom. The van der Waals surface area contributed by atoms with Crippen molar-refractivity contribution in [2.24, 2.45) is 0 Å². The molecule has 1 aliphatic heterocycles. The van der Waals surface area contributed by atoms with E-state index < -0.39 is 0 Å². The van der Waals surface area contributed by atoms with E-state index in [1.165, 1.54) is 43.8 Å². The first-order valence-electron chi connectivity index (χ1n) is 9.20. The van der Waals surface area contributed by atoms with Crippen LogP contribution in [0.15, 0.2) is 47.4 Å². The lowest BCUT2D eigenvalue weighted by Crippen LogP contribution is -2.26. The zero-order valence-electron chi connectivity index (χ0n) is 16.0. The second-order valence-electron chi connectivity index (χ2n) is 7.35. The summed E-state index contributed by atoms with van der Waals surface area (Å²) in [4.78, 5) is 3.74. The van der Waals surface area contributed by atoms with Crippen LogP contribution in [0.4, 0.5) is 0 Å². The Morgan fingerprint density at radius 2 is 2.00 bits per heavy atom. The van der Waals surface area contributed by atoms with Gasteiger partial charge in [0.2, 0.25) is 0 Å². The molecule has 0 amide bonds. The van der Waals surface area contributed by atoms with Gasteiger partial charge in [0.15, 0.2) is 0 Å². The van der Waals surface area contributed by atoms with Crippen LogP contribution in [0.3, 0.4) is 0 Å². The SMILES string of the molecule is CSc1cccc(/C(C)=C/n2c3c(c4cc(C)ccc42)CN(C)CC3)c1. The summed E-state index contributed by atoms with van der Waals surface area (Å²) < 4.78 is 2.44.